The van der Waals surface area contributed by atoms with Crippen molar-refractivity contribution in [2.24, 2.45) is 0 Å². The predicted octanol–water partition coefficient (Wildman–Crippen LogP) is 2.66. The molecule has 2 rings (SSSR count). The van der Waals surface area contributed by atoms with E-state index >= 15 is 0 Å². The lowest BCUT2D eigenvalue weighted by atomic mass is 10.2. The molecule has 1 atom stereocenters. The third-order valence-electron chi connectivity index (χ3n) is 2.51. The molecule has 1 unspecified atom stereocenters. The van der Waals surface area contributed by atoms with Gasteiger partial charge in [-0.05, 0) is 41.4 Å². The van der Waals surface area contributed by atoms with E-state index in [2.05, 4.69) is 31.5 Å². The van der Waals surface area contributed by atoms with E-state index in [9.17, 15) is 0 Å². The molecule has 0 amide bonds. The summed E-state index contributed by atoms with van der Waals surface area (Å²) in [5.41, 5.74) is 1.000. The van der Waals surface area contributed by atoms with Crippen molar-refractivity contribution in [1.29, 1.82) is 0 Å². The average Bonchev–Trinajstić information content (AvgIpc) is 2.73. The van der Waals surface area contributed by atoms with Gasteiger partial charge >= 0.3 is 0 Å². The maximum atomic E-state index is 5.81. The Morgan fingerprint density at radius 1 is 1.67 bits per heavy atom. The van der Waals surface area contributed by atoms with Gasteiger partial charge < -0.3 is 10.6 Å². The lowest BCUT2D eigenvalue weighted by Crippen LogP contribution is -2.29. The van der Waals surface area contributed by atoms with Crippen molar-refractivity contribution in [1.82, 2.24) is 10.3 Å². The third kappa shape index (κ3) is 3.06. The molecule has 0 spiro atoms. The molecule has 5 heteroatoms. The highest BCUT2D eigenvalue weighted by molar-refractivity contribution is 9.10. The molecule has 1 fully saturated rings. The van der Waals surface area contributed by atoms with E-state index < -0.39 is 0 Å². The van der Waals surface area contributed by atoms with Crippen molar-refractivity contribution < 1.29 is 0 Å². The second kappa shape index (κ2) is 5.14. The average molecular weight is 291 g/mol. The number of nitrogens with one attached hydrogen (secondary N) is 2. The van der Waals surface area contributed by atoms with Gasteiger partial charge in [0.25, 0.3) is 0 Å². The second-order valence-corrected chi connectivity index (χ2v) is 4.88. The fourth-order valence-corrected chi connectivity index (χ4v) is 2.14. The van der Waals surface area contributed by atoms with Crippen molar-refractivity contribution in [3.63, 3.8) is 0 Å². The molecule has 1 aliphatic heterocycles. The SMILES string of the molecule is Clc1ncc(NCC2CCCN2)cc1Br. The molecule has 3 nitrogen and oxygen atoms in total. The molecular weight excluding hydrogens is 277 g/mol. The van der Waals surface area contributed by atoms with Crippen LogP contribution in [0.3, 0.4) is 0 Å². The highest BCUT2D eigenvalue weighted by atomic mass is 79.9. The van der Waals surface area contributed by atoms with Gasteiger partial charge in [-0.25, -0.2) is 4.98 Å². The molecule has 0 saturated carbocycles. The Labute approximate surface area is 103 Å². The summed E-state index contributed by atoms with van der Waals surface area (Å²) in [5.74, 6) is 0. The summed E-state index contributed by atoms with van der Waals surface area (Å²) < 4.78 is 0.827. The number of hydrogen-bond donors (Lipinski definition) is 2. The number of pyridine rings is 1. The highest BCUT2D eigenvalue weighted by Crippen LogP contribution is 2.22. The van der Waals surface area contributed by atoms with E-state index in [1.54, 1.807) is 6.20 Å². The lowest BCUT2D eigenvalue weighted by molar-refractivity contribution is 0.633. The molecule has 2 N–H and O–H groups in total. The minimum absolute atomic E-state index is 0.500. The van der Waals surface area contributed by atoms with Crippen LogP contribution in [0.25, 0.3) is 0 Å². The zero-order chi connectivity index (χ0) is 10.7. The molecule has 0 aromatic carbocycles. The van der Waals surface area contributed by atoms with E-state index in [1.807, 2.05) is 6.07 Å². The van der Waals surface area contributed by atoms with Gasteiger partial charge in [-0.2, -0.15) is 0 Å². The summed E-state index contributed by atoms with van der Waals surface area (Å²) in [6.07, 6.45) is 4.27. The smallest absolute Gasteiger partial charge is 0.143 e. The third-order valence-corrected chi connectivity index (χ3v) is 3.65. The zero-order valence-corrected chi connectivity index (χ0v) is 10.6. The number of hydrogen-bond acceptors (Lipinski definition) is 3. The van der Waals surface area contributed by atoms with Crippen LogP contribution in [0.2, 0.25) is 5.15 Å². The Hall–Kier alpha value is -0.320. The van der Waals surface area contributed by atoms with Crippen molar-refractivity contribution in [2.75, 3.05) is 18.4 Å². The summed E-state index contributed by atoms with van der Waals surface area (Å²) in [6, 6.07) is 2.53. The summed E-state index contributed by atoms with van der Waals surface area (Å²) in [6.45, 7) is 2.07. The lowest BCUT2D eigenvalue weighted by Gasteiger charge is -2.12. The summed E-state index contributed by atoms with van der Waals surface area (Å²) in [5, 5.41) is 7.27. The van der Waals surface area contributed by atoms with Crippen LogP contribution in [0.5, 0.6) is 0 Å². The zero-order valence-electron chi connectivity index (χ0n) is 8.26. The van der Waals surface area contributed by atoms with Gasteiger partial charge in [0, 0.05) is 12.6 Å². The van der Waals surface area contributed by atoms with Gasteiger partial charge in [0.2, 0.25) is 0 Å². The van der Waals surface area contributed by atoms with Crippen LogP contribution in [0.4, 0.5) is 5.69 Å². The van der Waals surface area contributed by atoms with Crippen LogP contribution >= 0.6 is 27.5 Å². The van der Waals surface area contributed by atoms with Crippen molar-refractivity contribution in [3.05, 3.63) is 21.9 Å². The number of nitrogens with zero attached hydrogens (tertiary/aromatic N) is 1. The molecule has 1 saturated heterocycles. The summed E-state index contributed by atoms with van der Waals surface area (Å²) in [7, 11) is 0. The van der Waals surface area contributed by atoms with Crippen molar-refractivity contribution in [2.45, 2.75) is 18.9 Å². The minimum Gasteiger partial charge on any atom is -0.382 e. The largest absolute Gasteiger partial charge is 0.382 e. The van der Waals surface area contributed by atoms with Gasteiger partial charge in [-0.15, -0.1) is 0 Å². The van der Waals surface area contributed by atoms with Crippen LogP contribution in [0.15, 0.2) is 16.7 Å². The van der Waals surface area contributed by atoms with Gasteiger partial charge in [-0.3, -0.25) is 0 Å². The molecule has 15 heavy (non-hydrogen) atoms. The molecule has 0 bridgehead atoms. The highest BCUT2D eigenvalue weighted by Gasteiger charge is 2.13. The Balaban J connectivity index is 1.90. The van der Waals surface area contributed by atoms with Gasteiger partial charge in [0.1, 0.15) is 5.15 Å². The summed E-state index contributed by atoms with van der Waals surface area (Å²) in [4.78, 5) is 4.06. The molecule has 1 aromatic heterocycles. The second-order valence-electron chi connectivity index (χ2n) is 3.67. The fraction of sp³-hybridized carbons (Fsp3) is 0.500. The number of aromatic nitrogens is 1. The van der Waals surface area contributed by atoms with Crippen LogP contribution in [-0.4, -0.2) is 24.1 Å². The monoisotopic (exact) mass is 289 g/mol. The first-order valence-corrected chi connectivity index (χ1v) is 6.21. The first kappa shape index (κ1) is 11.2. The number of anilines is 1. The van der Waals surface area contributed by atoms with E-state index in [0.717, 1.165) is 23.2 Å². The molecule has 0 radical (unpaired) electrons. The van der Waals surface area contributed by atoms with Gasteiger partial charge in [0.05, 0.1) is 16.4 Å². The first-order chi connectivity index (χ1) is 7.25. The number of rotatable bonds is 3. The van der Waals surface area contributed by atoms with E-state index in [1.165, 1.54) is 12.8 Å². The van der Waals surface area contributed by atoms with Crippen molar-refractivity contribution >= 4 is 33.2 Å². The molecular formula is C10H13BrClN3. The topological polar surface area (TPSA) is 37.0 Å². The standard InChI is InChI=1S/C10H13BrClN3/c11-9-4-8(6-15-10(9)12)14-5-7-2-1-3-13-7/h4,6-7,13-14H,1-3,5H2. The van der Waals surface area contributed by atoms with Gasteiger partial charge in [0.15, 0.2) is 0 Å². The maximum Gasteiger partial charge on any atom is 0.143 e. The summed E-state index contributed by atoms with van der Waals surface area (Å²) >= 11 is 9.16. The normalized spacial score (nSPS) is 20.5. The Morgan fingerprint density at radius 3 is 3.20 bits per heavy atom. The minimum atomic E-state index is 0.500. The Bertz CT molecular complexity index is 339. The Kier molecular flexibility index (Phi) is 3.83. The molecule has 82 valence electrons. The number of halogens is 2. The predicted molar refractivity (Wildman–Crippen MR) is 66.5 cm³/mol. The fourth-order valence-electron chi connectivity index (χ4n) is 1.69. The maximum absolute atomic E-state index is 5.81. The van der Waals surface area contributed by atoms with Crippen LogP contribution in [0.1, 0.15) is 12.8 Å². The van der Waals surface area contributed by atoms with E-state index in [4.69, 9.17) is 11.6 Å². The van der Waals surface area contributed by atoms with Crippen LogP contribution < -0.4 is 10.6 Å². The Morgan fingerprint density at radius 2 is 2.53 bits per heavy atom. The van der Waals surface area contributed by atoms with E-state index in [-0.39, 0.29) is 0 Å². The molecule has 1 aromatic rings. The van der Waals surface area contributed by atoms with Crippen LogP contribution in [-0.2, 0) is 0 Å². The molecule has 0 aliphatic carbocycles. The first-order valence-electron chi connectivity index (χ1n) is 5.04. The van der Waals surface area contributed by atoms with Crippen LogP contribution in [0, 0.1) is 0 Å². The molecule has 1 aliphatic rings. The van der Waals surface area contributed by atoms with Gasteiger partial charge in [-0.1, -0.05) is 11.6 Å². The van der Waals surface area contributed by atoms with Crippen molar-refractivity contribution in [3.8, 4) is 0 Å². The van der Waals surface area contributed by atoms with E-state index in [0.29, 0.717) is 11.2 Å². The quantitative estimate of drug-likeness (QED) is 0.841. The molecule has 2 heterocycles.